The molecule has 4 rings (SSSR count). The van der Waals surface area contributed by atoms with Gasteiger partial charge in [-0.15, -0.1) is 0 Å². The van der Waals surface area contributed by atoms with Gasteiger partial charge in [0, 0.05) is 46.4 Å². The molecular weight excluding hydrogens is 464 g/mol. The number of aromatic amines is 2. The van der Waals surface area contributed by atoms with E-state index in [1.54, 1.807) is 12.4 Å². The molecule has 0 fully saturated rings. The lowest BCUT2D eigenvalue weighted by molar-refractivity contribution is -0.140. The van der Waals surface area contributed by atoms with Gasteiger partial charge in [-0.3, -0.25) is 9.59 Å². The van der Waals surface area contributed by atoms with Crippen LogP contribution in [0, 0.1) is 0 Å². The fourth-order valence-corrected chi connectivity index (χ4v) is 3.57. The van der Waals surface area contributed by atoms with Gasteiger partial charge in [0.2, 0.25) is 0 Å². The first kappa shape index (κ1) is 24.3. The molecule has 0 spiro atoms. The van der Waals surface area contributed by atoms with Crippen LogP contribution in [0.25, 0.3) is 21.8 Å². The Morgan fingerprint density at radius 2 is 1.08 bits per heavy atom. The highest BCUT2D eigenvalue weighted by Crippen LogP contribution is 2.18. The Kier molecular flexibility index (Phi) is 7.76. The van der Waals surface area contributed by atoms with Crippen LogP contribution in [0.3, 0.4) is 0 Å². The molecule has 10 nitrogen and oxygen atoms in total. The van der Waals surface area contributed by atoms with E-state index in [2.05, 4.69) is 20.6 Å². The topological polar surface area (TPSA) is 142 Å². The number of ether oxygens (including phenoxy) is 2. The van der Waals surface area contributed by atoms with Gasteiger partial charge in [-0.05, 0) is 12.1 Å². The fraction of sp³-hybridized carbons (Fsp3) is 0.154. The van der Waals surface area contributed by atoms with Gasteiger partial charge in [-0.25, -0.2) is 9.59 Å². The highest BCUT2D eigenvalue weighted by molar-refractivity contribution is 6.07. The van der Waals surface area contributed by atoms with E-state index < -0.39 is 11.9 Å². The molecular formula is C26H24N4O6. The number of H-pyrrole nitrogens is 2. The lowest BCUT2D eigenvalue weighted by Crippen LogP contribution is -2.28. The third-order valence-electron chi connectivity index (χ3n) is 5.29. The van der Waals surface area contributed by atoms with E-state index in [9.17, 15) is 19.2 Å². The van der Waals surface area contributed by atoms with E-state index >= 15 is 0 Å². The second-order valence-corrected chi connectivity index (χ2v) is 7.68. The van der Waals surface area contributed by atoms with Crippen molar-refractivity contribution < 1.29 is 28.7 Å². The van der Waals surface area contributed by atoms with Crippen molar-refractivity contribution in [1.82, 2.24) is 20.6 Å². The molecule has 0 atom stereocenters. The molecule has 184 valence electrons. The molecule has 2 aromatic heterocycles. The highest BCUT2D eigenvalue weighted by Gasteiger charge is 2.12. The zero-order valence-corrected chi connectivity index (χ0v) is 19.2. The van der Waals surface area contributed by atoms with Crippen LogP contribution >= 0.6 is 0 Å². The number of para-hydroxylation sites is 2. The summed E-state index contributed by atoms with van der Waals surface area (Å²) in [7, 11) is 0. The molecule has 2 heterocycles. The average molecular weight is 489 g/mol. The van der Waals surface area contributed by atoms with Gasteiger partial charge in [0.1, 0.15) is 13.2 Å². The van der Waals surface area contributed by atoms with Gasteiger partial charge in [0.15, 0.2) is 0 Å². The van der Waals surface area contributed by atoms with Crippen molar-refractivity contribution in [1.29, 1.82) is 0 Å². The highest BCUT2D eigenvalue weighted by atomic mass is 16.5. The summed E-state index contributed by atoms with van der Waals surface area (Å²) in [5, 5.41) is 6.94. The number of amides is 2. The zero-order chi connectivity index (χ0) is 25.3. The molecule has 0 aliphatic rings. The molecule has 36 heavy (non-hydrogen) atoms. The number of hydrogen-bond donors (Lipinski definition) is 4. The van der Waals surface area contributed by atoms with Crippen molar-refractivity contribution in [2.24, 2.45) is 0 Å². The lowest BCUT2D eigenvalue weighted by Gasteiger charge is -2.05. The Hall–Kier alpha value is -4.86. The summed E-state index contributed by atoms with van der Waals surface area (Å²) in [4.78, 5) is 54.2. The summed E-state index contributed by atoms with van der Waals surface area (Å²) in [6.07, 6.45) is 5.12. The first-order valence-electron chi connectivity index (χ1n) is 11.2. The summed E-state index contributed by atoms with van der Waals surface area (Å²) >= 11 is 0. The summed E-state index contributed by atoms with van der Waals surface area (Å²) in [5.41, 5.74) is 2.69. The third-order valence-corrected chi connectivity index (χ3v) is 5.29. The second-order valence-electron chi connectivity index (χ2n) is 7.68. The van der Waals surface area contributed by atoms with Gasteiger partial charge < -0.3 is 30.1 Å². The number of carbonyl (C=O) groups is 4. The minimum absolute atomic E-state index is 0.0633. The number of aromatic nitrogens is 2. The largest absolute Gasteiger partial charge is 0.461 e. The predicted molar refractivity (Wildman–Crippen MR) is 132 cm³/mol. The molecule has 0 radical (unpaired) electrons. The van der Waals surface area contributed by atoms with E-state index in [1.807, 2.05) is 48.5 Å². The molecule has 4 aromatic rings. The van der Waals surface area contributed by atoms with E-state index in [-0.39, 0.29) is 38.1 Å². The monoisotopic (exact) mass is 488 g/mol. The van der Waals surface area contributed by atoms with E-state index in [1.165, 1.54) is 0 Å². The Balaban J connectivity index is 1.10. The Morgan fingerprint density at radius 3 is 1.53 bits per heavy atom. The molecule has 10 heteroatoms. The maximum atomic E-state index is 12.3. The van der Waals surface area contributed by atoms with Crippen LogP contribution in [-0.4, -0.2) is 60.0 Å². The Bertz CT molecular complexity index is 1330. The predicted octanol–water partition coefficient (Wildman–Crippen LogP) is 2.45. The zero-order valence-electron chi connectivity index (χ0n) is 19.2. The molecule has 0 saturated heterocycles. The number of carbonyl (C=O) groups excluding carboxylic acids is 4. The van der Waals surface area contributed by atoms with Gasteiger partial charge >= 0.3 is 11.9 Å². The van der Waals surface area contributed by atoms with Crippen molar-refractivity contribution in [3.05, 3.63) is 84.2 Å². The Morgan fingerprint density at radius 1 is 0.667 bits per heavy atom. The first-order valence-corrected chi connectivity index (χ1v) is 11.2. The normalized spacial score (nSPS) is 11.0. The standard InChI is InChI=1S/C26H24N4O6/c31-23(35-13-11-27-25(33)19-15-29-21-7-3-1-5-17(19)21)9-10-24(32)36-14-12-28-26(34)20-16-30-22-8-4-2-6-18(20)22/h1-10,15-16,29-30H,11-14H2,(H,27,33)(H,28,34)/b10-9+. The molecule has 0 unspecified atom stereocenters. The van der Waals surface area contributed by atoms with Crippen LogP contribution < -0.4 is 10.6 Å². The van der Waals surface area contributed by atoms with Crippen LogP contribution in [0.1, 0.15) is 20.7 Å². The van der Waals surface area contributed by atoms with E-state index in [4.69, 9.17) is 9.47 Å². The summed E-state index contributed by atoms with van der Waals surface area (Å²) in [5.74, 6) is -2.08. The number of benzene rings is 2. The molecule has 0 aliphatic heterocycles. The number of fused-ring (bicyclic) bond motifs is 2. The number of nitrogens with one attached hydrogen (secondary N) is 4. The number of rotatable bonds is 10. The van der Waals surface area contributed by atoms with Crippen LogP contribution in [0.4, 0.5) is 0 Å². The lowest BCUT2D eigenvalue weighted by atomic mass is 10.1. The maximum absolute atomic E-state index is 12.3. The fourth-order valence-electron chi connectivity index (χ4n) is 3.57. The quantitative estimate of drug-likeness (QED) is 0.153. The van der Waals surface area contributed by atoms with Crippen molar-refractivity contribution in [2.45, 2.75) is 0 Å². The first-order chi connectivity index (χ1) is 17.5. The van der Waals surface area contributed by atoms with Crippen LogP contribution in [0.2, 0.25) is 0 Å². The van der Waals surface area contributed by atoms with Gasteiger partial charge in [-0.1, -0.05) is 36.4 Å². The third kappa shape index (κ3) is 5.98. The minimum atomic E-state index is -0.749. The SMILES string of the molecule is O=C(/C=C/C(=O)OCCNC(=O)c1c[nH]c2ccccc12)OCCNC(=O)c1c[nH]c2ccccc12. The van der Waals surface area contributed by atoms with E-state index in [0.717, 1.165) is 34.0 Å². The van der Waals surface area contributed by atoms with Crippen molar-refractivity contribution >= 4 is 45.6 Å². The van der Waals surface area contributed by atoms with Crippen LogP contribution in [0.15, 0.2) is 73.1 Å². The number of esters is 2. The maximum Gasteiger partial charge on any atom is 0.331 e. The molecule has 2 amide bonds. The molecule has 0 saturated carbocycles. The van der Waals surface area contributed by atoms with Gasteiger partial charge in [-0.2, -0.15) is 0 Å². The number of hydrogen-bond acceptors (Lipinski definition) is 6. The smallest absolute Gasteiger partial charge is 0.331 e. The Labute approximate surface area is 205 Å². The second kappa shape index (κ2) is 11.5. The van der Waals surface area contributed by atoms with E-state index in [0.29, 0.717) is 11.1 Å². The van der Waals surface area contributed by atoms with Crippen molar-refractivity contribution in [3.63, 3.8) is 0 Å². The van der Waals surface area contributed by atoms with Gasteiger partial charge in [0.05, 0.1) is 24.2 Å². The molecule has 4 N–H and O–H groups in total. The van der Waals surface area contributed by atoms with Crippen LogP contribution in [-0.2, 0) is 19.1 Å². The molecule has 0 aliphatic carbocycles. The van der Waals surface area contributed by atoms with Crippen molar-refractivity contribution in [2.75, 3.05) is 26.3 Å². The van der Waals surface area contributed by atoms with Gasteiger partial charge in [0.25, 0.3) is 11.8 Å². The summed E-state index contributed by atoms with van der Waals surface area (Å²) in [6.45, 7) is 0.0926. The average Bonchev–Trinajstić information content (AvgIpc) is 3.52. The van der Waals surface area contributed by atoms with Crippen molar-refractivity contribution in [3.8, 4) is 0 Å². The summed E-state index contributed by atoms with van der Waals surface area (Å²) in [6, 6.07) is 14.8. The minimum Gasteiger partial charge on any atom is -0.461 e. The molecule has 2 aromatic carbocycles. The van der Waals surface area contributed by atoms with Crippen LogP contribution in [0.5, 0.6) is 0 Å². The summed E-state index contributed by atoms with van der Waals surface area (Å²) < 4.78 is 9.93. The molecule has 0 bridgehead atoms.